The van der Waals surface area contributed by atoms with Crippen LogP contribution in [0.3, 0.4) is 0 Å². The molecular weight excluding hydrogens is 997 g/mol. The van der Waals surface area contributed by atoms with E-state index in [1.54, 1.807) is 14.2 Å². The Balaban J connectivity index is 0.000000181. The Kier molecular flexibility index (Phi) is 20.1. The van der Waals surface area contributed by atoms with Crippen molar-refractivity contribution in [3.63, 3.8) is 0 Å². The fourth-order valence-corrected chi connectivity index (χ4v) is 11.6. The van der Waals surface area contributed by atoms with Gasteiger partial charge >= 0.3 is 0 Å². The van der Waals surface area contributed by atoms with Crippen molar-refractivity contribution in [2.45, 2.75) is 97.4 Å². The number of ether oxygens (including phenoxy) is 2. The van der Waals surface area contributed by atoms with Gasteiger partial charge in [-0.15, -0.1) is 0 Å². The minimum atomic E-state index is 0.249. The average molecular weight is 1080 g/mol. The molecule has 2 aromatic heterocycles. The highest BCUT2D eigenvalue weighted by Crippen LogP contribution is 2.34. The summed E-state index contributed by atoms with van der Waals surface area (Å²) in [5.74, 6) is 4.72. The number of imidazole rings is 2. The van der Waals surface area contributed by atoms with E-state index in [0.29, 0.717) is 36.5 Å². The number of para-hydroxylation sites is 4. The number of likely N-dealkylation sites (tertiary alicyclic amines) is 2. The number of aromatic amines is 1. The molecule has 8 aromatic rings. The van der Waals surface area contributed by atoms with Crippen LogP contribution in [0.25, 0.3) is 43.6 Å². The number of hydrogen-bond donors (Lipinski definition) is 1. The van der Waals surface area contributed by atoms with Crippen LogP contribution in [0.15, 0.2) is 133 Å². The molecule has 396 valence electrons. The largest absolute Gasteiger partial charge is 0.385 e. The van der Waals surface area contributed by atoms with Crippen molar-refractivity contribution >= 4 is 71.4 Å². The Hall–Kier alpha value is -5.88. The normalized spacial score (nSPS) is 18.6. The van der Waals surface area contributed by atoms with Gasteiger partial charge < -0.3 is 28.8 Å². The summed E-state index contributed by atoms with van der Waals surface area (Å²) in [5.41, 5.74) is 6.89. The van der Waals surface area contributed by atoms with Gasteiger partial charge in [-0.2, -0.15) is 0 Å². The van der Waals surface area contributed by atoms with E-state index in [0.717, 1.165) is 118 Å². The number of alkyl halides is 1. The Bertz CT molecular complexity index is 3060. The van der Waals surface area contributed by atoms with Crippen LogP contribution >= 0.6 is 15.9 Å². The number of carbonyl (C=O) groups excluding carboxylic acids is 2. The number of methoxy groups -OCH3 is 2. The highest BCUT2D eigenvalue weighted by atomic mass is 79.9. The fraction of sp³-hybridized carbons (Fsp3) is 0.438. The first-order chi connectivity index (χ1) is 36.5. The monoisotopic (exact) mass is 1070 g/mol. The molecule has 6 atom stereocenters. The van der Waals surface area contributed by atoms with Gasteiger partial charge in [0.05, 0.1) is 22.1 Å². The Morgan fingerprint density at radius 2 is 1.12 bits per heavy atom. The number of rotatable bonds is 17. The zero-order valence-electron chi connectivity index (χ0n) is 45.2. The van der Waals surface area contributed by atoms with Crippen LogP contribution in [0, 0.1) is 23.7 Å². The lowest BCUT2D eigenvalue weighted by Crippen LogP contribution is -2.43. The predicted octanol–water partition coefficient (Wildman–Crippen LogP) is 13.8. The zero-order valence-corrected chi connectivity index (χ0v) is 46.8. The van der Waals surface area contributed by atoms with E-state index < -0.39 is 0 Å². The molecule has 2 saturated heterocycles. The molecule has 11 heteroatoms. The number of benzene rings is 6. The standard InChI is InChI=1S/C32H39N3O2.C28H31N3O.C4H9BrO/c1-23(17-25-13-14-26-9-4-5-10-27(26)20-25)19-31(36)34-21-24(2)18-28(22-34)32-33-29-11-6-7-12-30(29)35(32)15-8-16-37-3;1-19(13-21-11-12-22-7-3-4-8-23(22)16-21)15-27(32)31-17-20(2)14-24(18-31)28-29-25-9-5-6-10-26(25)30-28;1-6-4-2-3-5/h4-7,9-14,20,23-24,28H,8,15-19,21-22H2,1-3H3;3-12,16,19-20,24H,13-15,17-18H2,1-2H3,(H,29,30);2-4H2,1H3/t23-,24?,28?;19-,20?,24?;/m11./s1. The quantitative estimate of drug-likeness (QED) is 0.0719. The summed E-state index contributed by atoms with van der Waals surface area (Å²) < 4.78 is 12.4. The van der Waals surface area contributed by atoms with Gasteiger partial charge in [0.1, 0.15) is 11.6 Å². The van der Waals surface area contributed by atoms with Crippen LogP contribution in [0.2, 0.25) is 0 Å². The molecule has 6 aromatic carbocycles. The van der Waals surface area contributed by atoms with Crippen LogP contribution in [0.5, 0.6) is 0 Å². The van der Waals surface area contributed by atoms with Gasteiger partial charge in [-0.25, -0.2) is 9.97 Å². The zero-order chi connectivity index (χ0) is 52.7. The fourth-order valence-electron chi connectivity index (χ4n) is 11.4. The van der Waals surface area contributed by atoms with Crippen molar-refractivity contribution in [3.8, 4) is 0 Å². The molecule has 1 N–H and O–H groups in total. The van der Waals surface area contributed by atoms with Gasteiger partial charge in [0.25, 0.3) is 0 Å². The lowest BCUT2D eigenvalue weighted by molar-refractivity contribution is -0.135. The first-order valence-electron chi connectivity index (χ1n) is 27.4. The number of fused-ring (bicyclic) bond motifs is 4. The van der Waals surface area contributed by atoms with E-state index in [9.17, 15) is 9.59 Å². The molecular formula is C64H79BrN6O4. The number of H-pyrrole nitrogens is 1. The first-order valence-corrected chi connectivity index (χ1v) is 28.5. The number of nitrogens with zero attached hydrogens (tertiary/aromatic N) is 5. The molecule has 0 aliphatic carbocycles. The number of aryl methyl sites for hydroxylation is 1. The van der Waals surface area contributed by atoms with Crippen molar-refractivity contribution in [1.29, 1.82) is 0 Å². The summed E-state index contributed by atoms with van der Waals surface area (Å²) in [4.78, 5) is 44.2. The molecule has 2 amide bonds. The van der Waals surface area contributed by atoms with Crippen LogP contribution in [0.4, 0.5) is 0 Å². The van der Waals surface area contributed by atoms with Gasteiger partial charge in [0.2, 0.25) is 11.8 Å². The Morgan fingerprint density at radius 1 is 0.613 bits per heavy atom. The van der Waals surface area contributed by atoms with E-state index in [4.69, 9.17) is 19.4 Å². The number of halogens is 1. The Morgan fingerprint density at radius 3 is 1.68 bits per heavy atom. The second-order valence-corrected chi connectivity index (χ2v) is 22.5. The molecule has 10 nitrogen and oxygen atoms in total. The topological polar surface area (TPSA) is 106 Å². The predicted molar refractivity (Wildman–Crippen MR) is 312 cm³/mol. The lowest BCUT2D eigenvalue weighted by Gasteiger charge is -2.37. The highest BCUT2D eigenvalue weighted by molar-refractivity contribution is 9.09. The van der Waals surface area contributed by atoms with Gasteiger partial charge in [0.15, 0.2) is 0 Å². The highest BCUT2D eigenvalue weighted by Gasteiger charge is 2.33. The SMILES string of the molecule is CC1CC(c2nc3ccccc3[nH]2)CN(C(=O)C[C@H](C)Cc2ccc3ccccc3c2)C1.COCCCBr.COCCCn1c(C2CC(C)CN(C(=O)C[C@H](C)Cc3ccc4ccccc4c3)C2)nc2ccccc21. The molecule has 0 spiro atoms. The van der Waals surface area contributed by atoms with Gasteiger partial charge in [-0.3, -0.25) is 9.59 Å². The molecule has 2 fully saturated rings. The van der Waals surface area contributed by atoms with Gasteiger partial charge in [-0.05, 0) is 119 Å². The third-order valence-corrected chi connectivity index (χ3v) is 15.5. The lowest BCUT2D eigenvalue weighted by atomic mass is 9.88. The van der Waals surface area contributed by atoms with E-state index >= 15 is 0 Å². The molecule has 0 saturated carbocycles. The van der Waals surface area contributed by atoms with Crippen molar-refractivity contribution in [3.05, 3.63) is 156 Å². The first kappa shape index (κ1) is 55.4. The molecule has 10 rings (SSSR count). The maximum absolute atomic E-state index is 13.5. The molecule has 2 aliphatic rings. The minimum absolute atomic E-state index is 0.249. The maximum atomic E-state index is 13.5. The van der Waals surface area contributed by atoms with Gasteiger partial charge in [0, 0.05) is 90.2 Å². The van der Waals surface area contributed by atoms with Crippen LogP contribution in [-0.4, -0.2) is 100 Å². The summed E-state index contributed by atoms with van der Waals surface area (Å²) in [6.07, 6.45) is 7.19. The third kappa shape index (κ3) is 15.2. The smallest absolute Gasteiger partial charge is 0.222 e. The van der Waals surface area contributed by atoms with E-state index in [-0.39, 0.29) is 23.7 Å². The van der Waals surface area contributed by atoms with Crippen LogP contribution in [-0.2, 0) is 38.4 Å². The van der Waals surface area contributed by atoms with E-state index in [1.807, 2.05) is 18.2 Å². The Labute approximate surface area is 453 Å². The van der Waals surface area contributed by atoms with E-state index in [1.165, 1.54) is 38.2 Å². The summed E-state index contributed by atoms with van der Waals surface area (Å²) in [5, 5.41) is 6.10. The number of carbonyl (C=O) groups is 2. The van der Waals surface area contributed by atoms with Crippen molar-refractivity contribution < 1.29 is 19.1 Å². The van der Waals surface area contributed by atoms with Crippen LogP contribution < -0.4 is 0 Å². The van der Waals surface area contributed by atoms with Crippen molar-refractivity contribution in [2.24, 2.45) is 23.7 Å². The molecule has 4 heterocycles. The number of hydrogen-bond acceptors (Lipinski definition) is 6. The number of piperidine rings is 2. The summed E-state index contributed by atoms with van der Waals surface area (Å²) in [6, 6.07) is 46.7. The molecule has 0 bridgehead atoms. The number of nitrogens with one attached hydrogen (secondary N) is 1. The number of amides is 2. The molecule has 75 heavy (non-hydrogen) atoms. The summed E-state index contributed by atoms with van der Waals surface area (Å²) in [6.45, 7) is 14.6. The van der Waals surface area contributed by atoms with E-state index in [2.05, 4.69) is 178 Å². The summed E-state index contributed by atoms with van der Waals surface area (Å²) in [7, 11) is 3.46. The second kappa shape index (κ2) is 27.3. The maximum Gasteiger partial charge on any atom is 0.222 e. The number of aromatic nitrogens is 4. The summed E-state index contributed by atoms with van der Waals surface area (Å²) >= 11 is 3.27. The minimum Gasteiger partial charge on any atom is -0.385 e. The van der Waals surface area contributed by atoms with Gasteiger partial charge in [-0.1, -0.05) is 153 Å². The van der Waals surface area contributed by atoms with Crippen molar-refractivity contribution in [2.75, 3.05) is 58.9 Å². The van der Waals surface area contributed by atoms with Crippen molar-refractivity contribution in [1.82, 2.24) is 29.3 Å². The third-order valence-electron chi connectivity index (χ3n) is 14.9. The molecule has 2 aliphatic heterocycles. The molecule has 4 unspecified atom stereocenters. The second-order valence-electron chi connectivity index (χ2n) is 21.7. The molecule has 0 radical (unpaired) electrons. The average Bonchev–Trinajstić information content (AvgIpc) is 4.03. The van der Waals surface area contributed by atoms with Crippen LogP contribution in [0.1, 0.15) is 101 Å².